The molecule has 190 valence electrons. The molecule has 37 heavy (non-hydrogen) atoms. The molecule has 1 aliphatic rings. The predicted octanol–water partition coefficient (Wildman–Crippen LogP) is 5.72. The van der Waals surface area contributed by atoms with Crippen molar-refractivity contribution in [2.24, 2.45) is 0 Å². The maximum absolute atomic E-state index is 12.8. The van der Waals surface area contributed by atoms with Crippen LogP contribution in [0.25, 0.3) is 17.4 Å². The first-order valence-electron chi connectivity index (χ1n) is 10.6. The van der Waals surface area contributed by atoms with Crippen LogP contribution in [0.2, 0.25) is 10.0 Å². The van der Waals surface area contributed by atoms with Crippen LogP contribution >= 0.6 is 35.0 Å². The Bertz CT molecular complexity index is 1450. The molecule has 0 bridgehead atoms. The molecule has 0 radical (unpaired) electrons. The van der Waals surface area contributed by atoms with Crippen LogP contribution in [0.3, 0.4) is 0 Å². The van der Waals surface area contributed by atoms with Crippen molar-refractivity contribution in [3.8, 4) is 17.1 Å². The molecule has 1 saturated heterocycles. The third-order valence-electron chi connectivity index (χ3n) is 5.17. The first-order valence-corrected chi connectivity index (χ1v) is 12.1. The zero-order chi connectivity index (χ0) is 26.7. The third-order valence-corrected chi connectivity index (χ3v) is 6.70. The van der Waals surface area contributed by atoms with Crippen molar-refractivity contribution in [2.75, 3.05) is 26.1 Å². The standard InChI is InChI=1S/C25H18Cl2N2O7S/c1-34-20-7-4-14(10-18(20)27)28-22(30)12-29-23(31)21(37-25(29)33)11-15-5-8-19(36-15)13-3-6-17(26)16(9-13)24(32)35-2/h3-11H,12H2,1-2H3,(H,28,30)/b21-11+. The third kappa shape index (κ3) is 5.82. The smallest absolute Gasteiger partial charge is 0.339 e. The minimum atomic E-state index is -0.629. The fourth-order valence-electron chi connectivity index (χ4n) is 3.38. The molecule has 1 aliphatic heterocycles. The summed E-state index contributed by atoms with van der Waals surface area (Å²) in [5.41, 5.74) is 1.13. The summed E-state index contributed by atoms with van der Waals surface area (Å²) in [6, 6.07) is 12.7. The van der Waals surface area contributed by atoms with Gasteiger partial charge in [0.25, 0.3) is 11.1 Å². The number of thioether (sulfide) groups is 1. The summed E-state index contributed by atoms with van der Waals surface area (Å²) in [4.78, 5) is 50.5. The summed E-state index contributed by atoms with van der Waals surface area (Å²) >= 11 is 12.8. The zero-order valence-corrected chi connectivity index (χ0v) is 21.7. The average molecular weight is 561 g/mol. The number of carbonyl (C=O) groups is 4. The van der Waals surface area contributed by atoms with E-state index in [4.69, 9.17) is 37.1 Å². The number of methoxy groups -OCH3 is 2. The fourth-order valence-corrected chi connectivity index (χ4v) is 4.66. The van der Waals surface area contributed by atoms with Crippen LogP contribution in [0, 0.1) is 0 Å². The lowest BCUT2D eigenvalue weighted by Gasteiger charge is -2.13. The second kappa shape index (κ2) is 11.1. The highest BCUT2D eigenvalue weighted by Crippen LogP contribution is 2.34. The lowest BCUT2D eigenvalue weighted by atomic mass is 10.1. The zero-order valence-electron chi connectivity index (χ0n) is 19.4. The highest BCUT2D eigenvalue weighted by Gasteiger charge is 2.36. The number of rotatable bonds is 7. The summed E-state index contributed by atoms with van der Waals surface area (Å²) in [5, 5.41) is 2.53. The van der Waals surface area contributed by atoms with Gasteiger partial charge in [-0.2, -0.15) is 0 Å². The summed E-state index contributed by atoms with van der Waals surface area (Å²) in [5.74, 6) is -0.648. The number of amides is 3. The molecule has 4 rings (SSSR count). The van der Waals surface area contributed by atoms with Gasteiger partial charge in [-0.1, -0.05) is 23.2 Å². The van der Waals surface area contributed by atoms with Gasteiger partial charge >= 0.3 is 5.97 Å². The molecule has 2 aromatic carbocycles. The molecule has 0 spiro atoms. The maximum atomic E-state index is 12.8. The van der Waals surface area contributed by atoms with Crippen molar-refractivity contribution in [3.05, 3.63) is 74.8 Å². The number of hydrogen-bond donors (Lipinski definition) is 1. The average Bonchev–Trinajstić information content (AvgIpc) is 3.44. The monoisotopic (exact) mass is 560 g/mol. The Morgan fingerprint density at radius 2 is 1.84 bits per heavy atom. The Morgan fingerprint density at radius 3 is 2.54 bits per heavy atom. The molecule has 1 aromatic heterocycles. The number of halogens is 2. The van der Waals surface area contributed by atoms with Crippen LogP contribution in [0.5, 0.6) is 5.75 Å². The van der Waals surface area contributed by atoms with Crippen molar-refractivity contribution in [3.63, 3.8) is 0 Å². The fraction of sp³-hybridized carbons (Fsp3) is 0.120. The van der Waals surface area contributed by atoms with Gasteiger partial charge in [-0.05, 0) is 60.3 Å². The first kappa shape index (κ1) is 26.3. The summed E-state index contributed by atoms with van der Waals surface area (Å²) in [6.07, 6.45) is 1.41. The van der Waals surface area contributed by atoms with Crippen molar-refractivity contribution < 1.29 is 33.1 Å². The van der Waals surface area contributed by atoms with Gasteiger partial charge in [0.15, 0.2) is 0 Å². The van der Waals surface area contributed by atoms with Crippen LogP contribution in [0.4, 0.5) is 10.5 Å². The largest absolute Gasteiger partial charge is 0.495 e. The molecule has 2 heterocycles. The van der Waals surface area contributed by atoms with E-state index in [2.05, 4.69) is 5.32 Å². The van der Waals surface area contributed by atoms with Gasteiger partial charge in [-0.15, -0.1) is 0 Å². The number of nitrogens with zero attached hydrogens (tertiary/aromatic N) is 1. The van der Waals surface area contributed by atoms with Crippen LogP contribution in [0.15, 0.2) is 57.9 Å². The Morgan fingerprint density at radius 1 is 1.05 bits per heavy atom. The van der Waals surface area contributed by atoms with Crippen LogP contribution in [0.1, 0.15) is 16.1 Å². The minimum absolute atomic E-state index is 0.0950. The number of hydrogen-bond acceptors (Lipinski definition) is 8. The van der Waals surface area contributed by atoms with Gasteiger partial charge in [0, 0.05) is 17.3 Å². The molecule has 0 saturated carbocycles. The highest BCUT2D eigenvalue weighted by molar-refractivity contribution is 8.18. The number of anilines is 1. The Balaban J connectivity index is 1.46. The Hall–Kier alpha value is -3.73. The van der Waals surface area contributed by atoms with Gasteiger partial charge < -0.3 is 19.2 Å². The van der Waals surface area contributed by atoms with Crippen molar-refractivity contribution in [2.45, 2.75) is 0 Å². The molecule has 0 aliphatic carbocycles. The number of carbonyl (C=O) groups excluding carboxylic acids is 4. The number of furan rings is 1. The van der Waals surface area contributed by atoms with Gasteiger partial charge in [0.05, 0.1) is 34.7 Å². The lowest BCUT2D eigenvalue weighted by Crippen LogP contribution is -2.36. The van der Waals surface area contributed by atoms with Crippen LogP contribution < -0.4 is 10.1 Å². The van der Waals surface area contributed by atoms with E-state index >= 15 is 0 Å². The van der Waals surface area contributed by atoms with E-state index < -0.39 is 29.6 Å². The van der Waals surface area contributed by atoms with E-state index in [1.165, 1.54) is 32.4 Å². The predicted molar refractivity (Wildman–Crippen MR) is 140 cm³/mol. The van der Waals surface area contributed by atoms with Crippen molar-refractivity contribution >= 4 is 69.8 Å². The van der Waals surface area contributed by atoms with Gasteiger partial charge in [-0.3, -0.25) is 19.3 Å². The molecule has 0 atom stereocenters. The second-order valence-electron chi connectivity index (χ2n) is 7.55. The number of benzene rings is 2. The molecule has 3 amide bonds. The summed E-state index contributed by atoms with van der Waals surface area (Å²) in [6.45, 7) is -0.476. The molecular formula is C25H18Cl2N2O7S. The number of nitrogens with one attached hydrogen (secondary N) is 1. The number of esters is 1. The van der Waals surface area contributed by atoms with Crippen molar-refractivity contribution in [1.29, 1.82) is 0 Å². The van der Waals surface area contributed by atoms with Crippen LogP contribution in [-0.2, 0) is 14.3 Å². The molecular weight excluding hydrogens is 543 g/mol. The normalized spacial score (nSPS) is 14.3. The summed E-state index contributed by atoms with van der Waals surface area (Å²) < 4.78 is 15.6. The minimum Gasteiger partial charge on any atom is -0.495 e. The van der Waals surface area contributed by atoms with E-state index in [1.54, 1.807) is 36.4 Å². The molecule has 0 unspecified atom stereocenters. The van der Waals surface area contributed by atoms with Crippen LogP contribution in [-0.4, -0.2) is 48.7 Å². The molecule has 9 nitrogen and oxygen atoms in total. The van der Waals surface area contributed by atoms with Crippen molar-refractivity contribution in [1.82, 2.24) is 4.90 Å². The molecule has 12 heteroatoms. The molecule has 1 N–H and O–H groups in total. The van der Waals surface area contributed by atoms with E-state index in [1.807, 2.05) is 0 Å². The topological polar surface area (TPSA) is 115 Å². The van der Waals surface area contributed by atoms with Gasteiger partial charge in [0.1, 0.15) is 23.8 Å². The number of imide groups is 1. The Kier molecular flexibility index (Phi) is 7.91. The summed E-state index contributed by atoms with van der Waals surface area (Å²) in [7, 11) is 2.72. The molecule has 3 aromatic rings. The maximum Gasteiger partial charge on any atom is 0.339 e. The quantitative estimate of drug-likeness (QED) is 0.288. The van der Waals surface area contributed by atoms with E-state index in [0.29, 0.717) is 45.3 Å². The second-order valence-corrected chi connectivity index (χ2v) is 9.36. The number of ether oxygens (including phenoxy) is 2. The Labute approximate surface area is 225 Å². The SMILES string of the molecule is COC(=O)c1cc(-c2ccc(/C=C3/SC(=O)N(CC(=O)Nc4ccc(OC)c(Cl)c4)C3=O)o2)ccc1Cl. The van der Waals surface area contributed by atoms with E-state index in [0.717, 1.165) is 4.90 Å². The van der Waals surface area contributed by atoms with Gasteiger partial charge in [-0.25, -0.2) is 4.79 Å². The first-order chi connectivity index (χ1) is 17.7. The highest BCUT2D eigenvalue weighted by atomic mass is 35.5. The van der Waals surface area contributed by atoms with E-state index in [-0.39, 0.29) is 15.5 Å². The molecule has 1 fully saturated rings. The lowest BCUT2D eigenvalue weighted by molar-refractivity contribution is -0.127. The van der Waals surface area contributed by atoms with E-state index in [9.17, 15) is 19.2 Å². The van der Waals surface area contributed by atoms with Gasteiger partial charge in [0.2, 0.25) is 5.91 Å².